The predicted octanol–water partition coefficient (Wildman–Crippen LogP) is 4.88. The summed E-state index contributed by atoms with van der Waals surface area (Å²) < 4.78 is 35.4. The van der Waals surface area contributed by atoms with Crippen molar-refractivity contribution < 1.29 is 22.7 Å². The van der Waals surface area contributed by atoms with Crippen molar-refractivity contribution in [2.75, 3.05) is 30.9 Å². The number of amides is 2. The van der Waals surface area contributed by atoms with Crippen molar-refractivity contribution in [3.05, 3.63) is 27.9 Å². The summed E-state index contributed by atoms with van der Waals surface area (Å²) in [4.78, 5) is 29.2. The number of aromatic amines is 1. The van der Waals surface area contributed by atoms with Crippen LogP contribution in [0.15, 0.2) is 12.3 Å². The van der Waals surface area contributed by atoms with Crippen LogP contribution in [-0.4, -0.2) is 66.4 Å². The minimum atomic E-state index is -3.74. The maximum Gasteiger partial charge on any atom is 0.407 e. The van der Waals surface area contributed by atoms with Gasteiger partial charge in [-0.25, -0.2) is 4.79 Å². The molecule has 13 heteroatoms. The van der Waals surface area contributed by atoms with E-state index in [0.717, 1.165) is 18.4 Å². The second-order valence-corrected chi connectivity index (χ2v) is 13.4. The lowest BCUT2D eigenvalue weighted by molar-refractivity contribution is -0.132. The number of carbonyl (C=O) groups is 2. The van der Waals surface area contributed by atoms with E-state index in [0.29, 0.717) is 72.1 Å². The number of nitrogens with zero attached hydrogens (tertiary/aromatic N) is 2. The fourth-order valence-electron chi connectivity index (χ4n) is 4.88. The zero-order valence-electron chi connectivity index (χ0n) is 21.9. The zero-order valence-corrected chi connectivity index (χ0v) is 24.2. The lowest BCUT2D eigenvalue weighted by Crippen LogP contribution is -2.45. The minimum Gasteiger partial charge on any atom is -0.444 e. The van der Waals surface area contributed by atoms with Gasteiger partial charge in [-0.05, 0) is 64.0 Å². The first kappa shape index (κ1) is 28.8. The predicted molar refractivity (Wildman–Crippen MR) is 149 cm³/mol. The molecule has 3 N–H and O–H groups in total. The molecule has 210 valence electrons. The number of aromatic nitrogens is 1. The monoisotopic (exact) mass is 587 g/mol. The summed E-state index contributed by atoms with van der Waals surface area (Å²) in [5.74, 6) is 0.236. The quantitative estimate of drug-likeness (QED) is 0.398. The highest BCUT2D eigenvalue weighted by atomic mass is 35.5. The number of alkyl carbamates (subject to hydrolysis) is 1. The highest BCUT2D eigenvalue weighted by molar-refractivity contribution is 7.90. The molecule has 1 aromatic carbocycles. The fourth-order valence-corrected chi connectivity index (χ4v) is 6.84. The van der Waals surface area contributed by atoms with E-state index in [1.807, 2.05) is 25.7 Å². The molecule has 1 aromatic heterocycles. The average Bonchev–Trinajstić information content (AvgIpc) is 3.21. The standard InChI is InChI=1S/C25H35Cl2N5O5S/c1-25(2,3)37-24(34)28-9-5-4-6-20(33)31-10-7-16(8-11-31)14-32-15-17-12-18(26)21-19(27)13-29-23(21)22(17)30-38(32,35)36/h12-13,16,29-30H,4-11,14-15H2,1-3H3,(H,28,34). The molecule has 2 aromatic rings. The molecule has 0 bridgehead atoms. The van der Waals surface area contributed by atoms with Crippen LogP contribution in [-0.2, 0) is 26.3 Å². The summed E-state index contributed by atoms with van der Waals surface area (Å²) in [6, 6.07) is 1.76. The summed E-state index contributed by atoms with van der Waals surface area (Å²) in [6.07, 6.45) is 4.38. The fraction of sp³-hybridized carbons (Fsp3) is 0.600. The van der Waals surface area contributed by atoms with Crippen molar-refractivity contribution in [3.8, 4) is 0 Å². The molecule has 4 rings (SSSR count). The summed E-state index contributed by atoms with van der Waals surface area (Å²) in [5, 5.41) is 4.21. The second kappa shape index (κ2) is 11.5. The molecule has 38 heavy (non-hydrogen) atoms. The van der Waals surface area contributed by atoms with Crippen LogP contribution in [0.2, 0.25) is 10.0 Å². The number of carbonyl (C=O) groups excluding carboxylic acids is 2. The molecule has 10 nitrogen and oxygen atoms in total. The average molecular weight is 589 g/mol. The number of nitrogens with one attached hydrogen (secondary N) is 3. The highest BCUT2D eigenvalue weighted by Gasteiger charge is 2.34. The molecule has 0 spiro atoms. The molecule has 2 aliphatic heterocycles. The van der Waals surface area contributed by atoms with Crippen LogP contribution in [0, 0.1) is 5.92 Å². The summed E-state index contributed by atoms with van der Waals surface area (Å²) in [5.41, 5.74) is 1.30. The number of anilines is 1. The number of likely N-dealkylation sites (tertiary alicyclic amines) is 1. The summed E-state index contributed by atoms with van der Waals surface area (Å²) in [6.45, 7) is 7.67. The third kappa shape index (κ3) is 6.86. The van der Waals surface area contributed by atoms with E-state index < -0.39 is 21.9 Å². The number of rotatable bonds is 7. The van der Waals surface area contributed by atoms with Crippen molar-refractivity contribution in [2.24, 2.45) is 5.92 Å². The molecule has 1 saturated heterocycles. The SMILES string of the molecule is CC(C)(C)OC(=O)NCCCCC(=O)N1CCC(CN2Cc3cc(Cl)c4c(Cl)c[nH]c4c3NS2(=O)=O)CC1. The van der Waals surface area contributed by atoms with E-state index >= 15 is 0 Å². The molecule has 2 aliphatic rings. The van der Waals surface area contributed by atoms with Crippen LogP contribution in [0.1, 0.15) is 58.4 Å². The van der Waals surface area contributed by atoms with Gasteiger partial charge in [0.25, 0.3) is 0 Å². The van der Waals surface area contributed by atoms with Crippen LogP contribution >= 0.6 is 23.2 Å². The zero-order chi connectivity index (χ0) is 27.7. The van der Waals surface area contributed by atoms with Crippen LogP contribution in [0.5, 0.6) is 0 Å². The molecule has 1 fully saturated rings. The Morgan fingerprint density at radius 1 is 1.16 bits per heavy atom. The molecule has 0 saturated carbocycles. The Labute approximate surface area is 233 Å². The summed E-state index contributed by atoms with van der Waals surface area (Å²) >= 11 is 12.6. The van der Waals surface area contributed by atoms with Gasteiger partial charge in [0.05, 0.1) is 21.2 Å². The van der Waals surface area contributed by atoms with Gasteiger partial charge in [-0.1, -0.05) is 23.2 Å². The number of hydrogen-bond acceptors (Lipinski definition) is 5. The molecule has 0 atom stereocenters. The molecule has 0 aliphatic carbocycles. The Morgan fingerprint density at radius 3 is 2.55 bits per heavy atom. The normalized spacial score (nSPS) is 18.2. The second-order valence-electron chi connectivity index (χ2n) is 10.9. The number of ether oxygens (including phenoxy) is 1. The first-order valence-electron chi connectivity index (χ1n) is 12.8. The molecule has 3 heterocycles. The van der Waals surface area contributed by atoms with Gasteiger partial charge in [-0.15, -0.1) is 0 Å². The van der Waals surface area contributed by atoms with E-state index in [-0.39, 0.29) is 18.4 Å². The molecular weight excluding hydrogens is 553 g/mol. The van der Waals surface area contributed by atoms with Crippen molar-refractivity contribution >= 4 is 62.0 Å². The van der Waals surface area contributed by atoms with E-state index in [1.54, 1.807) is 12.3 Å². The van der Waals surface area contributed by atoms with Crippen LogP contribution in [0.3, 0.4) is 0 Å². The van der Waals surface area contributed by atoms with Crippen molar-refractivity contribution in [2.45, 2.75) is 65.0 Å². The molecular formula is C25H35Cl2N5O5S. The number of hydrogen-bond donors (Lipinski definition) is 3. The lowest BCUT2D eigenvalue weighted by atomic mass is 9.96. The molecule has 2 amide bonds. The highest BCUT2D eigenvalue weighted by Crippen LogP contribution is 2.40. The number of fused-ring (bicyclic) bond motifs is 3. The first-order valence-corrected chi connectivity index (χ1v) is 15.0. The maximum atomic E-state index is 13.0. The number of piperidine rings is 1. The van der Waals surface area contributed by atoms with E-state index in [2.05, 4.69) is 15.0 Å². The van der Waals surface area contributed by atoms with Gasteiger partial charge in [0.1, 0.15) is 5.60 Å². The van der Waals surface area contributed by atoms with Gasteiger partial charge >= 0.3 is 16.3 Å². The smallest absolute Gasteiger partial charge is 0.407 e. The van der Waals surface area contributed by atoms with Gasteiger partial charge in [0, 0.05) is 50.7 Å². The third-order valence-electron chi connectivity index (χ3n) is 6.78. The Bertz CT molecular complexity index is 1300. The van der Waals surface area contributed by atoms with Gasteiger partial charge in [0.2, 0.25) is 5.91 Å². The van der Waals surface area contributed by atoms with Gasteiger partial charge < -0.3 is 19.9 Å². The van der Waals surface area contributed by atoms with E-state index in [1.165, 1.54) is 4.31 Å². The van der Waals surface area contributed by atoms with Crippen molar-refractivity contribution in [3.63, 3.8) is 0 Å². The van der Waals surface area contributed by atoms with Gasteiger partial charge in [-0.3, -0.25) is 9.52 Å². The first-order chi connectivity index (χ1) is 17.8. The number of benzene rings is 1. The summed E-state index contributed by atoms with van der Waals surface area (Å²) in [7, 11) is -3.74. The van der Waals surface area contributed by atoms with Crippen LogP contribution in [0.25, 0.3) is 10.9 Å². The Balaban J connectivity index is 1.23. The molecule has 0 unspecified atom stereocenters. The van der Waals surface area contributed by atoms with Gasteiger partial charge in [0.15, 0.2) is 0 Å². The van der Waals surface area contributed by atoms with Crippen LogP contribution in [0.4, 0.5) is 10.5 Å². The van der Waals surface area contributed by atoms with Crippen LogP contribution < -0.4 is 10.0 Å². The Hall–Kier alpha value is -2.21. The maximum absolute atomic E-state index is 13.0. The Morgan fingerprint density at radius 2 is 1.87 bits per heavy atom. The van der Waals surface area contributed by atoms with Gasteiger partial charge in [-0.2, -0.15) is 12.7 Å². The minimum absolute atomic E-state index is 0.0881. The van der Waals surface area contributed by atoms with E-state index in [4.69, 9.17) is 27.9 Å². The number of halogens is 2. The topological polar surface area (TPSA) is 124 Å². The van der Waals surface area contributed by atoms with Crippen molar-refractivity contribution in [1.82, 2.24) is 19.5 Å². The molecule has 0 radical (unpaired) electrons. The lowest BCUT2D eigenvalue weighted by Gasteiger charge is -2.36. The third-order valence-corrected chi connectivity index (χ3v) is 8.79. The van der Waals surface area contributed by atoms with Crippen molar-refractivity contribution in [1.29, 1.82) is 0 Å². The number of unbranched alkanes of at least 4 members (excludes halogenated alkanes) is 1. The largest absolute Gasteiger partial charge is 0.444 e. The van der Waals surface area contributed by atoms with E-state index in [9.17, 15) is 18.0 Å². The number of H-pyrrole nitrogens is 1. The Kier molecular flexibility index (Phi) is 8.71.